The fraction of sp³-hybridized carbons (Fsp3) is 0.120. The average Bonchev–Trinajstić information content (AvgIpc) is 3.06. The summed E-state index contributed by atoms with van der Waals surface area (Å²) in [6, 6.07) is 17.8. The van der Waals surface area contributed by atoms with Crippen LogP contribution in [0.3, 0.4) is 0 Å². The zero-order valence-electron chi connectivity index (χ0n) is 17.3. The van der Waals surface area contributed by atoms with Gasteiger partial charge in [-0.2, -0.15) is 0 Å². The standard InChI is InChI=1S/C25H19Cl2NO4/c1-14-3-8-17(9-4-14)28-22(16-7-12-19(26)20(27)13-16)21(24(30)25(28)31)23(29)15-5-10-18(32-2)11-6-15/h3-13,22,29H,1-2H3/b23-21-. The summed E-state index contributed by atoms with van der Waals surface area (Å²) in [5.74, 6) is -1.20. The van der Waals surface area contributed by atoms with Crippen LogP contribution in [0, 0.1) is 6.92 Å². The van der Waals surface area contributed by atoms with E-state index in [1.165, 1.54) is 12.0 Å². The van der Waals surface area contributed by atoms with E-state index in [2.05, 4.69) is 0 Å². The van der Waals surface area contributed by atoms with E-state index in [9.17, 15) is 14.7 Å². The zero-order valence-corrected chi connectivity index (χ0v) is 18.8. The van der Waals surface area contributed by atoms with Crippen molar-refractivity contribution in [3.8, 4) is 5.75 Å². The van der Waals surface area contributed by atoms with Crippen molar-refractivity contribution in [1.29, 1.82) is 0 Å². The van der Waals surface area contributed by atoms with E-state index < -0.39 is 17.7 Å². The first-order chi connectivity index (χ1) is 15.3. The number of hydrogen-bond donors (Lipinski definition) is 1. The molecule has 1 saturated heterocycles. The molecule has 0 radical (unpaired) electrons. The Bertz CT molecular complexity index is 1230. The van der Waals surface area contributed by atoms with Crippen LogP contribution in [0.5, 0.6) is 5.75 Å². The molecule has 1 N–H and O–H groups in total. The van der Waals surface area contributed by atoms with E-state index >= 15 is 0 Å². The number of hydrogen-bond acceptors (Lipinski definition) is 4. The molecule has 0 spiro atoms. The van der Waals surface area contributed by atoms with Crippen molar-refractivity contribution in [2.45, 2.75) is 13.0 Å². The number of aliphatic hydroxyl groups excluding tert-OH is 1. The van der Waals surface area contributed by atoms with Gasteiger partial charge in [-0.15, -0.1) is 0 Å². The Morgan fingerprint density at radius 2 is 1.59 bits per heavy atom. The number of carbonyl (C=O) groups excluding carboxylic acids is 2. The molecule has 1 fully saturated rings. The Balaban J connectivity index is 1.93. The quantitative estimate of drug-likeness (QED) is 0.293. The Morgan fingerprint density at radius 3 is 2.19 bits per heavy atom. The summed E-state index contributed by atoms with van der Waals surface area (Å²) in [4.78, 5) is 27.6. The highest BCUT2D eigenvalue weighted by atomic mass is 35.5. The van der Waals surface area contributed by atoms with Gasteiger partial charge in [0, 0.05) is 11.3 Å². The van der Waals surface area contributed by atoms with Crippen LogP contribution in [0.2, 0.25) is 10.0 Å². The SMILES string of the molecule is COc1ccc(/C(O)=C2/C(=O)C(=O)N(c3ccc(C)cc3)C2c2ccc(Cl)c(Cl)c2)cc1. The molecule has 0 aliphatic carbocycles. The van der Waals surface area contributed by atoms with Crippen molar-refractivity contribution in [3.63, 3.8) is 0 Å². The van der Waals surface area contributed by atoms with Gasteiger partial charge in [-0.1, -0.05) is 47.0 Å². The van der Waals surface area contributed by atoms with Crippen LogP contribution in [0.4, 0.5) is 5.69 Å². The molecule has 32 heavy (non-hydrogen) atoms. The van der Waals surface area contributed by atoms with Gasteiger partial charge in [-0.3, -0.25) is 14.5 Å². The number of aryl methyl sites for hydroxylation is 1. The second-order valence-electron chi connectivity index (χ2n) is 7.41. The molecule has 3 aromatic carbocycles. The summed E-state index contributed by atoms with van der Waals surface area (Å²) in [5.41, 5.74) is 2.45. The van der Waals surface area contributed by atoms with Gasteiger partial charge < -0.3 is 9.84 Å². The van der Waals surface area contributed by atoms with Crippen LogP contribution in [-0.2, 0) is 9.59 Å². The normalized spacial score (nSPS) is 17.6. The highest BCUT2D eigenvalue weighted by Gasteiger charge is 2.47. The molecule has 3 aromatic rings. The van der Waals surface area contributed by atoms with E-state index in [0.29, 0.717) is 27.6 Å². The minimum Gasteiger partial charge on any atom is -0.507 e. The number of ketones is 1. The number of halogens is 2. The summed E-state index contributed by atoms with van der Waals surface area (Å²) < 4.78 is 5.16. The number of benzene rings is 3. The molecule has 1 heterocycles. The number of methoxy groups -OCH3 is 1. The molecule has 162 valence electrons. The number of ether oxygens (including phenoxy) is 1. The van der Waals surface area contributed by atoms with Gasteiger partial charge in [0.1, 0.15) is 11.5 Å². The Morgan fingerprint density at radius 1 is 0.938 bits per heavy atom. The van der Waals surface area contributed by atoms with Crippen molar-refractivity contribution in [3.05, 3.63) is 99.0 Å². The third-order valence-corrected chi connectivity index (χ3v) is 6.12. The minimum atomic E-state index is -0.880. The number of carbonyl (C=O) groups is 2. The maximum atomic E-state index is 13.1. The Labute approximate surface area is 195 Å². The summed E-state index contributed by atoms with van der Waals surface area (Å²) in [5, 5.41) is 11.7. The molecule has 5 nitrogen and oxygen atoms in total. The predicted molar refractivity (Wildman–Crippen MR) is 125 cm³/mol. The maximum Gasteiger partial charge on any atom is 0.300 e. The molecule has 1 amide bonds. The van der Waals surface area contributed by atoms with Gasteiger partial charge in [0.15, 0.2) is 0 Å². The highest BCUT2D eigenvalue weighted by Crippen LogP contribution is 2.43. The number of anilines is 1. The fourth-order valence-electron chi connectivity index (χ4n) is 3.71. The average molecular weight is 468 g/mol. The molecular weight excluding hydrogens is 449 g/mol. The molecule has 1 unspecified atom stereocenters. The lowest BCUT2D eigenvalue weighted by atomic mass is 9.95. The van der Waals surface area contributed by atoms with Gasteiger partial charge in [0.05, 0.1) is 28.8 Å². The Kier molecular flexibility index (Phi) is 5.96. The van der Waals surface area contributed by atoms with E-state index in [-0.39, 0.29) is 16.4 Å². The smallest absolute Gasteiger partial charge is 0.300 e. The van der Waals surface area contributed by atoms with Gasteiger partial charge in [-0.25, -0.2) is 0 Å². The van der Waals surface area contributed by atoms with E-state index in [1.54, 1.807) is 54.6 Å². The molecule has 4 rings (SSSR count). The lowest BCUT2D eigenvalue weighted by molar-refractivity contribution is -0.132. The van der Waals surface area contributed by atoms with Crippen LogP contribution < -0.4 is 9.64 Å². The number of rotatable bonds is 4. The summed E-state index contributed by atoms with van der Waals surface area (Å²) in [7, 11) is 1.53. The number of Topliss-reactive ketones (excluding diaryl/α,β-unsaturated/α-hetero) is 1. The number of amides is 1. The first-order valence-electron chi connectivity index (χ1n) is 9.79. The Hall–Kier alpha value is -3.28. The fourth-order valence-corrected chi connectivity index (χ4v) is 4.01. The van der Waals surface area contributed by atoms with Gasteiger partial charge >= 0.3 is 0 Å². The molecule has 0 bridgehead atoms. The molecule has 1 aliphatic heterocycles. The predicted octanol–water partition coefficient (Wildman–Crippen LogP) is 5.94. The molecule has 1 atom stereocenters. The minimum absolute atomic E-state index is 0.0286. The third kappa shape index (κ3) is 3.85. The molecule has 1 aliphatic rings. The van der Waals surface area contributed by atoms with Crippen molar-refractivity contribution >= 4 is 46.3 Å². The second kappa shape index (κ2) is 8.69. The highest BCUT2D eigenvalue weighted by molar-refractivity contribution is 6.51. The topological polar surface area (TPSA) is 66.8 Å². The van der Waals surface area contributed by atoms with E-state index in [0.717, 1.165) is 5.56 Å². The molecule has 0 aromatic heterocycles. The van der Waals surface area contributed by atoms with E-state index in [1.807, 2.05) is 19.1 Å². The maximum absolute atomic E-state index is 13.1. The molecule has 7 heteroatoms. The van der Waals surface area contributed by atoms with Crippen molar-refractivity contribution in [2.75, 3.05) is 12.0 Å². The summed E-state index contributed by atoms with van der Waals surface area (Å²) in [6.45, 7) is 1.93. The van der Waals surface area contributed by atoms with Crippen LogP contribution in [0.25, 0.3) is 5.76 Å². The van der Waals surface area contributed by atoms with Crippen molar-refractivity contribution in [1.82, 2.24) is 0 Å². The lowest BCUT2D eigenvalue weighted by Crippen LogP contribution is -2.29. The first-order valence-corrected chi connectivity index (χ1v) is 10.5. The van der Waals surface area contributed by atoms with Crippen LogP contribution in [-0.4, -0.2) is 23.9 Å². The summed E-state index contributed by atoms with van der Waals surface area (Å²) >= 11 is 12.3. The number of nitrogens with zero attached hydrogens (tertiary/aromatic N) is 1. The van der Waals surface area contributed by atoms with Gasteiger partial charge in [-0.05, 0) is 61.0 Å². The van der Waals surface area contributed by atoms with Crippen LogP contribution >= 0.6 is 23.2 Å². The third-order valence-electron chi connectivity index (χ3n) is 5.38. The molecular formula is C25H19Cl2NO4. The van der Waals surface area contributed by atoms with Gasteiger partial charge in [0.2, 0.25) is 0 Å². The first kappa shape index (κ1) is 21.9. The van der Waals surface area contributed by atoms with Crippen molar-refractivity contribution < 1.29 is 19.4 Å². The van der Waals surface area contributed by atoms with E-state index in [4.69, 9.17) is 27.9 Å². The summed E-state index contributed by atoms with van der Waals surface area (Å²) in [6.07, 6.45) is 0. The van der Waals surface area contributed by atoms with Gasteiger partial charge in [0.25, 0.3) is 11.7 Å². The van der Waals surface area contributed by atoms with Crippen LogP contribution in [0.15, 0.2) is 72.3 Å². The zero-order chi connectivity index (χ0) is 23.0. The second-order valence-corrected chi connectivity index (χ2v) is 8.22. The lowest BCUT2D eigenvalue weighted by Gasteiger charge is -2.26. The number of aliphatic hydroxyl groups is 1. The molecule has 0 saturated carbocycles. The van der Waals surface area contributed by atoms with Crippen LogP contribution in [0.1, 0.15) is 22.7 Å². The van der Waals surface area contributed by atoms with Crippen molar-refractivity contribution in [2.24, 2.45) is 0 Å². The monoisotopic (exact) mass is 467 g/mol. The largest absolute Gasteiger partial charge is 0.507 e.